The summed E-state index contributed by atoms with van der Waals surface area (Å²) in [6.45, 7) is 0.277. The van der Waals surface area contributed by atoms with Gasteiger partial charge in [-0.3, -0.25) is 4.79 Å². The number of aromatic amines is 2. The summed E-state index contributed by atoms with van der Waals surface area (Å²) in [7, 11) is 0. The van der Waals surface area contributed by atoms with Gasteiger partial charge < -0.3 is 15.3 Å². The highest BCUT2D eigenvalue weighted by Gasteiger charge is 2.10. The molecule has 0 saturated heterocycles. The minimum atomic E-state index is -0.218. The zero-order valence-electron chi connectivity index (χ0n) is 12.5. The normalized spacial score (nSPS) is 10.8. The van der Waals surface area contributed by atoms with E-state index in [1.807, 2.05) is 18.3 Å². The second-order valence-corrected chi connectivity index (χ2v) is 5.32. The number of nitrogens with one attached hydrogen (secondary N) is 3. The number of amides is 1. The first kappa shape index (κ1) is 14.0. The van der Waals surface area contributed by atoms with Crippen molar-refractivity contribution >= 4 is 28.0 Å². The van der Waals surface area contributed by atoms with E-state index in [9.17, 15) is 4.79 Å². The highest BCUT2D eigenvalue weighted by Crippen LogP contribution is 2.20. The van der Waals surface area contributed by atoms with Crippen LogP contribution in [0.3, 0.4) is 0 Å². The van der Waals surface area contributed by atoms with Crippen molar-refractivity contribution in [1.29, 1.82) is 5.26 Å². The van der Waals surface area contributed by atoms with Crippen LogP contribution in [0.4, 0.5) is 0 Å². The third-order valence-electron chi connectivity index (χ3n) is 3.78. The Hall–Kier alpha value is -3.66. The van der Waals surface area contributed by atoms with E-state index in [4.69, 9.17) is 5.26 Å². The standard InChI is InChI=1S/C17H12N6O/c18-7-10-1-3-11(4-2-10)17(24)21-9-14-22-13-8-20-16-12(5-6-19-16)15(13)23-14/h1-6,8H,9H2,(H,19,20)(H,21,24)(H,22,23). The largest absolute Gasteiger partial charge is 0.346 e. The molecule has 4 rings (SSSR count). The Bertz CT molecular complexity index is 1080. The van der Waals surface area contributed by atoms with Gasteiger partial charge in [-0.1, -0.05) is 0 Å². The van der Waals surface area contributed by atoms with Crippen LogP contribution in [0.25, 0.3) is 22.1 Å². The molecule has 116 valence electrons. The second-order valence-electron chi connectivity index (χ2n) is 5.32. The van der Waals surface area contributed by atoms with Crippen molar-refractivity contribution in [3.8, 4) is 6.07 Å². The Morgan fingerprint density at radius 3 is 2.88 bits per heavy atom. The Labute approximate surface area is 136 Å². The number of nitriles is 1. The molecule has 0 fully saturated rings. The first-order valence-corrected chi connectivity index (χ1v) is 7.33. The number of aromatic nitrogens is 4. The number of imidazole rings is 1. The van der Waals surface area contributed by atoms with Crippen molar-refractivity contribution in [2.75, 3.05) is 0 Å². The van der Waals surface area contributed by atoms with Gasteiger partial charge in [0.15, 0.2) is 0 Å². The molecular weight excluding hydrogens is 304 g/mol. The topological polar surface area (TPSA) is 110 Å². The lowest BCUT2D eigenvalue weighted by molar-refractivity contribution is 0.0950. The molecule has 1 aromatic carbocycles. The highest BCUT2D eigenvalue weighted by atomic mass is 16.1. The predicted molar refractivity (Wildman–Crippen MR) is 88.1 cm³/mol. The van der Waals surface area contributed by atoms with Crippen LogP contribution in [0.1, 0.15) is 21.7 Å². The molecule has 0 aliphatic rings. The third kappa shape index (κ3) is 2.36. The zero-order valence-corrected chi connectivity index (χ0v) is 12.5. The predicted octanol–water partition coefficient (Wildman–Crippen LogP) is 2.24. The number of pyridine rings is 1. The number of hydrogen-bond acceptors (Lipinski definition) is 4. The van der Waals surface area contributed by atoms with Crippen LogP contribution < -0.4 is 5.32 Å². The molecule has 24 heavy (non-hydrogen) atoms. The summed E-state index contributed by atoms with van der Waals surface area (Å²) in [4.78, 5) is 27.2. The Morgan fingerprint density at radius 1 is 1.25 bits per heavy atom. The van der Waals surface area contributed by atoms with Crippen LogP contribution in [0.5, 0.6) is 0 Å². The maximum Gasteiger partial charge on any atom is 0.251 e. The van der Waals surface area contributed by atoms with Crippen LogP contribution in [0.15, 0.2) is 42.7 Å². The number of carbonyl (C=O) groups is 1. The fourth-order valence-electron chi connectivity index (χ4n) is 2.57. The summed E-state index contributed by atoms with van der Waals surface area (Å²) in [5.41, 5.74) is 3.45. The fraction of sp³-hybridized carbons (Fsp3) is 0.0588. The Morgan fingerprint density at radius 2 is 2.08 bits per heavy atom. The number of hydrogen-bond donors (Lipinski definition) is 3. The monoisotopic (exact) mass is 316 g/mol. The van der Waals surface area contributed by atoms with Crippen molar-refractivity contribution in [3.63, 3.8) is 0 Å². The minimum absolute atomic E-state index is 0.218. The van der Waals surface area contributed by atoms with Gasteiger partial charge in [-0.15, -0.1) is 0 Å². The molecule has 0 aliphatic carbocycles. The molecule has 3 aromatic heterocycles. The smallest absolute Gasteiger partial charge is 0.251 e. The maximum absolute atomic E-state index is 12.2. The molecule has 1 amide bonds. The molecular formula is C17H12N6O. The van der Waals surface area contributed by atoms with Crippen molar-refractivity contribution in [3.05, 3.63) is 59.7 Å². The van der Waals surface area contributed by atoms with E-state index in [0.717, 1.165) is 22.1 Å². The molecule has 0 unspecified atom stereocenters. The molecule has 3 N–H and O–H groups in total. The van der Waals surface area contributed by atoms with Crippen molar-refractivity contribution in [1.82, 2.24) is 25.3 Å². The second kappa shape index (κ2) is 5.52. The third-order valence-corrected chi connectivity index (χ3v) is 3.78. The van der Waals surface area contributed by atoms with Crippen molar-refractivity contribution in [2.24, 2.45) is 0 Å². The molecule has 3 heterocycles. The number of fused-ring (bicyclic) bond motifs is 3. The molecule has 0 aliphatic heterocycles. The fourth-order valence-corrected chi connectivity index (χ4v) is 2.57. The van der Waals surface area contributed by atoms with Gasteiger partial charge in [0.2, 0.25) is 0 Å². The van der Waals surface area contributed by atoms with Crippen LogP contribution in [0.2, 0.25) is 0 Å². The lowest BCUT2D eigenvalue weighted by Gasteiger charge is -2.03. The van der Waals surface area contributed by atoms with Gasteiger partial charge in [0.1, 0.15) is 17.0 Å². The summed E-state index contributed by atoms with van der Waals surface area (Å²) < 4.78 is 0. The molecule has 0 saturated carbocycles. The molecule has 0 spiro atoms. The van der Waals surface area contributed by atoms with E-state index in [-0.39, 0.29) is 12.5 Å². The van der Waals surface area contributed by atoms with Crippen LogP contribution in [-0.2, 0) is 6.54 Å². The SMILES string of the molecule is N#Cc1ccc(C(=O)NCc2nc3c(cnc4[nH]ccc43)[nH]2)cc1. The van der Waals surface area contributed by atoms with Gasteiger partial charge in [0, 0.05) is 17.1 Å². The van der Waals surface area contributed by atoms with E-state index in [2.05, 4.69) is 25.3 Å². The summed E-state index contributed by atoms with van der Waals surface area (Å²) in [5, 5.41) is 12.5. The molecule has 0 radical (unpaired) electrons. The summed E-state index contributed by atoms with van der Waals surface area (Å²) in [5.74, 6) is 0.437. The van der Waals surface area contributed by atoms with E-state index in [0.29, 0.717) is 17.0 Å². The van der Waals surface area contributed by atoms with Gasteiger partial charge in [0.05, 0.1) is 29.9 Å². The number of benzene rings is 1. The first-order chi connectivity index (χ1) is 11.7. The average molecular weight is 316 g/mol. The molecule has 7 heteroatoms. The van der Waals surface area contributed by atoms with Crippen LogP contribution in [0, 0.1) is 11.3 Å². The molecule has 0 bridgehead atoms. The average Bonchev–Trinajstić information content (AvgIpc) is 3.25. The van der Waals surface area contributed by atoms with E-state index >= 15 is 0 Å². The van der Waals surface area contributed by atoms with Crippen LogP contribution in [-0.4, -0.2) is 25.8 Å². The summed E-state index contributed by atoms with van der Waals surface area (Å²) in [6.07, 6.45) is 3.53. The molecule has 7 nitrogen and oxygen atoms in total. The number of carbonyl (C=O) groups excluding carboxylic acids is 1. The minimum Gasteiger partial charge on any atom is -0.346 e. The number of H-pyrrole nitrogens is 2. The van der Waals surface area contributed by atoms with Gasteiger partial charge in [-0.2, -0.15) is 5.26 Å². The number of rotatable bonds is 3. The highest BCUT2D eigenvalue weighted by molar-refractivity contribution is 6.00. The molecule has 4 aromatic rings. The first-order valence-electron chi connectivity index (χ1n) is 7.33. The van der Waals surface area contributed by atoms with Crippen molar-refractivity contribution in [2.45, 2.75) is 6.54 Å². The van der Waals surface area contributed by atoms with E-state index in [1.165, 1.54) is 0 Å². The zero-order chi connectivity index (χ0) is 16.5. The molecule has 0 atom stereocenters. The van der Waals surface area contributed by atoms with Crippen molar-refractivity contribution < 1.29 is 4.79 Å². The quantitative estimate of drug-likeness (QED) is 0.538. The maximum atomic E-state index is 12.2. The van der Waals surface area contributed by atoms with Gasteiger partial charge in [-0.05, 0) is 30.3 Å². The lowest BCUT2D eigenvalue weighted by atomic mass is 10.1. The van der Waals surface area contributed by atoms with E-state index < -0.39 is 0 Å². The Kier molecular flexibility index (Phi) is 3.21. The van der Waals surface area contributed by atoms with Gasteiger partial charge in [-0.25, -0.2) is 9.97 Å². The van der Waals surface area contributed by atoms with Gasteiger partial charge >= 0.3 is 0 Å². The summed E-state index contributed by atoms with van der Waals surface area (Å²) >= 11 is 0. The summed E-state index contributed by atoms with van der Waals surface area (Å²) in [6, 6.07) is 10.4. The van der Waals surface area contributed by atoms with E-state index in [1.54, 1.807) is 30.5 Å². The van der Waals surface area contributed by atoms with Gasteiger partial charge in [0.25, 0.3) is 5.91 Å². The Balaban J connectivity index is 1.53. The number of nitrogens with zero attached hydrogens (tertiary/aromatic N) is 3. The van der Waals surface area contributed by atoms with Crippen LogP contribution >= 0.6 is 0 Å². The lowest BCUT2D eigenvalue weighted by Crippen LogP contribution is -2.23.